The van der Waals surface area contributed by atoms with E-state index in [1.165, 1.54) is 54.8 Å². The maximum absolute atomic E-state index is 10.9. The molecule has 220 valence electrons. The monoisotopic (exact) mass is 657 g/mol. The lowest BCUT2D eigenvalue weighted by Gasteiger charge is -2.20. The third-order valence-corrected chi connectivity index (χ3v) is 10.9. The molecule has 0 radical (unpaired) electrons. The van der Waals surface area contributed by atoms with Gasteiger partial charge in [0.05, 0.1) is 28.0 Å². The third-order valence-electron chi connectivity index (χ3n) is 6.11. The number of thiazole rings is 1. The van der Waals surface area contributed by atoms with Crippen LogP contribution < -0.4 is 9.47 Å². The molecular formula is C31H33N2O4S5+. The molecule has 6 nitrogen and oxygen atoms in total. The van der Waals surface area contributed by atoms with E-state index >= 15 is 0 Å². The zero-order valence-electron chi connectivity index (χ0n) is 23.4. The molecule has 1 aliphatic rings. The van der Waals surface area contributed by atoms with Crippen molar-refractivity contribution in [2.45, 2.75) is 23.3 Å². The van der Waals surface area contributed by atoms with Gasteiger partial charge in [-0.2, -0.15) is 4.57 Å². The molecule has 0 aliphatic carbocycles. The van der Waals surface area contributed by atoms with Gasteiger partial charge in [0.25, 0.3) is 5.01 Å². The minimum Gasteiger partial charge on any atom is -0.481 e. The predicted octanol–water partition coefficient (Wildman–Crippen LogP) is 7.43. The van der Waals surface area contributed by atoms with Crippen LogP contribution in [-0.2, 0) is 16.1 Å². The molecule has 0 amide bonds. The van der Waals surface area contributed by atoms with E-state index in [1.54, 1.807) is 34.9 Å². The fourth-order valence-corrected chi connectivity index (χ4v) is 8.09. The summed E-state index contributed by atoms with van der Waals surface area (Å²) in [6.45, 7) is 3.59. The Hall–Kier alpha value is -2.57. The highest BCUT2D eigenvalue weighted by Gasteiger charge is 2.24. The lowest BCUT2D eigenvalue weighted by atomic mass is 10.2. The van der Waals surface area contributed by atoms with Crippen molar-refractivity contribution in [1.29, 1.82) is 0 Å². The smallest absolute Gasteiger partial charge is 0.313 e. The maximum Gasteiger partial charge on any atom is 0.313 e. The first kappa shape index (κ1) is 32.3. The van der Waals surface area contributed by atoms with Gasteiger partial charge in [-0.1, -0.05) is 59.5 Å². The van der Waals surface area contributed by atoms with E-state index in [0.717, 1.165) is 34.6 Å². The molecule has 0 spiro atoms. The molecular weight excluding hydrogens is 625 g/mol. The molecule has 42 heavy (non-hydrogen) atoms. The Morgan fingerprint density at radius 1 is 0.952 bits per heavy atom. The zero-order valence-corrected chi connectivity index (χ0v) is 27.5. The molecule has 4 rings (SSSR count). The SMILES string of the molecule is CSc1ccc2sc(C=CC=CC=CC=C3Sc4ccc(C)cc4N3CCSCC(=O)O)[n+](CCSCC(=O)O)c2c1. The molecule has 2 aromatic carbocycles. The minimum absolute atomic E-state index is 0.112. The second-order valence-electron chi connectivity index (χ2n) is 9.18. The molecule has 0 bridgehead atoms. The first-order chi connectivity index (χ1) is 20.4. The van der Waals surface area contributed by atoms with Crippen LogP contribution in [0, 0.1) is 6.92 Å². The van der Waals surface area contributed by atoms with Crippen molar-refractivity contribution in [3.8, 4) is 0 Å². The Balaban J connectivity index is 1.43. The van der Waals surface area contributed by atoms with Gasteiger partial charge in [0, 0.05) is 34.2 Å². The number of carbonyl (C=O) groups is 2. The van der Waals surface area contributed by atoms with Crippen molar-refractivity contribution in [2.75, 3.05) is 40.7 Å². The fraction of sp³-hybridized carbons (Fsp3) is 0.258. The predicted molar refractivity (Wildman–Crippen MR) is 184 cm³/mol. The van der Waals surface area contributed by atoms with E-state index in [1.807, 2.05) is 30.4 Å². The van der Waals surface area contributed by atoms with E-state index < -0.39 is 11.9 Å². The van der Waals surface area contributed by atoms with Crippen LogP contribution in [0.3, 0.4) is 0 Å². The molecule has 11 heteroatoms. The standard InChI is InChI=1S/C31H32N2O4S5/c1-22-10-12-26-24(18-22)32(14-16-39-20-30(34)35)28(41-26)8-6-4-3-5-7-9-29-33(15-17-40-21-31(36)37)25-19-23(38-2)11-13-27(25)42-29/h3-13,18-19H,14-17,20-21H2,1-2H3,(H-,34,35,36,37)/p+1. The van der Waals surface area contributed by atoms with Gasteiger partial charge in [-0.15, -0.1) is 35.3 Å². The first-order valence-electron chi connectivity index (χ1n) is 13.2. The molecule has 2 heterocycles. The van der Waals surface area contributed by atoms with Crippen LogP contribution in [0.5, 0.6) is 0 Å². The molecule has 3 aromatic rings. The molecule has 2 N–H and O–H groups in total. The molecule has 0 saturated carbocycles. The number of nitrogens with zero attached hydrogens (tertiary/aromatic N) is 2. The van der Waals surface area contributed by atoms with E-state index in [4.69, 9.17) is 10.2 Å². The number of benzene rings is 2. The molecule has 1 aliphatic heterocycles. The van der Waals surface area contributed by atoms with Crippen molar-refractivity contribution in [1.82, 2.24) is 0 Å². The number of hydrogen-bond donors (Lipinski definition) is 2. The van der Waals surface area contributed by atoms with Crippen molar-refractivity contribution < 1.29 is 24.4 Å². The van der Waals surface area contributed by atoms with Crippen molar-refractivity contribution >= 4 is 92.3 Å². The summed E-state index contributed by atoms with van der Waals surface area (Å²) in [5.41, 5.74) is 3.55. The number of thioether (sulfide) groups is 4. The largest absolute Gasteiger partial charge is 0.481 e. The maximum atomic E-state index is 10.9. The van der Waals surface area contributed by atoms with Crippen LogP contribution in [0.15, 0.2) is 87.7 Å². The average Bonchev–Trinajstić information content (AvgIpc) is 3.48. The van der Waals surface area contributed by atoms with Gasteiger partial charge < -0.3 is 15.1 Å². The number of aryl methyl sites for hydroxylation is 2. The van der Waals surface area contributed by atoms with Gasteiger partial charge in [-0.3, -0.25) is 9.59 Å². The summed E-state index contributed by atoms with van der Waals surface area (Å²) in [5, 5.41) is 20.2. The Labute approximate surface area is 267 Å². The van der Waals surface area contributed by atoms with Gasteiger partial charge in [0.2, 0.25) is 5.52 Å². The summed E-state index contributed by atoms with van der Waals surface area (Å²) in [5.74, 6) is 0.127. The number of allylic oxidation sites excluding steroid dienone is 6. The lowest BCUT2D eigenvalue weighted by Crippen LogP contribution is -2.36. The Morgan fingerprint density at radius 2 is 1.69 bits per heavy atom. The third kappa shape index (κ3) is 9.21. The summed E-state index contributed by atoms with van der Waals surface area (Å²) < 4.78 is 3.49. The number of carboxylic acids is 2. The summed E-state index contributed by atoms with van der Waals surface area (Å²) in [6, 6.07) is 13.0. The second kappa shape index (κ2) is 16.3. The van der Waals surface area contributed by atoms with Crippen molar-refractivity contribution in [3.63, 3.8) is 0 Å². The summed E-state index contributed by atoms with van der Waals surface area (Å²) in [6.07, 6.45) is 16.4. The normalized spacial score (nSPS) is 14.3. The number of aromatic nitrogens is 1. The van der Waals surface area contributed by atoms with Crippen LogP contribution >= 0.6 is 58.4 Å². The first-order valence-corrected chi connectivity index (χ1v) is 18.4. The average molecular weight is 658 g/mol. The highest BCUT2D eigenvalue weighted by atomic mass is 32.2. The van der Waals surface area contributed by atoms with E-state index in [0.29, 0.717) is 0 Å². The Morgan fingerprint density at radius 3 is 2.45 bits per heavy atom. The van der Waals surface area contributed by atoms with Gasteiger partial charge in [0.1, 0.15) is 4.70 Å². The van der Waals surface area contributed by atoms with Crippen molar-refractivity contribution in [2.24, 2.45) is 0 Å². The van der Waals surface area contributed by atoms with Crippen LogP contribution in [0.4, 0.5) is 5.69 Å². The van der Waals surface area contributed by atoms with Crippen LogP contribution in [0.2, 0.25) is 0 Å². The number of carboxylic acid groups (broad SMARTS) is 2. The summed E-state index contributed by atoms with van der Waals surface area (Å²) >= 11 is 8.05. The van der Waals surface area contributed by atoms with E-state index in [2.05, 4.69) is 71.2 Å². The lowest BCUT2D eigenvalue weighted by molar-refractivity contribution is -0.664. The second-order valence-corrected chi connectivity index (χ2v) is 14.4. The summed E-state index contributed by atoms with van der Waals surface area (Å²) in [7, 11) is 0. The molecule has 0 atom stereocenters. The molecule has 0 fully saturated rings. The van der Waals surface area contributed by atoms with E-state index in [-0.39, 0.29) is 11.5 Å². The number of aliphatic carboxylic acids is 2. The Kier molecular flexibility index (Phi) is 12.6. The van der Waals surface area contributed by atoms with Gasteiger partial charge in [-0.25, -0.2) is 0 Å². The molecule has 1 aromatic heterocycles. The molecule has 0 saturated heterocycles. The number of anilines is 1. The van der Waals surface area contributed by atoms with Crippen LogP contribution in [0.25, 0.3) is 16.3 Å². The van der Waals surface area contributed by atoms with Crippen molar-refractivity contribution in [3.05, 3.63) is 88.5 Å². The quantitative estimate of drug-likeness (QED) is 0.0751. The van der Waals surface area contributed by atoms with Gasteiger partial charge in [-0.05, 0) is 49.1 Å². The fourth-order valence-electron chi connectivity index (χ4n) is 4.23. The highest BCUT2D eigenvalue weighted by Crippen LogP contribution is 2.46. The topological polar surface area (TPSA) is 81.7 Å². The van der Waals surface area contributed by atoms with Crippen LogP contribution in [0.1, 0.15) is 10.6 Å². The highest BCUT2D eigenvalue weighted by molar-refractivity contribution is 8.03. The van der Waals surface area contributed by atoms with Crippen LogP contribution in [-0.4, -0.2) is 58.0 Å². The Bertz CT molecular complexity index is 1540. The number of fused-ring (bicyclic) bond motifs is 2. The summed E-state index contributed by atoms with van der Waals surface area (Å²) in [4.78, 5) is 26.5. The molecule has 0 unspecified atom stereocenters. The minimum atomic E-state index is -0.785. The van der Waals surface area contributed by atoms with Gasteiger partial charge >= 0.3 is 11.9 Å². The van der Waals surface area contributed by atoms with E-state index in [9.17, 15) is 9.59 Å². The van der Waals surface area contributed by atoms with Gasteiger partial charge in [0.15, 0.2) is 6.54 Å². The number of rotatable bonds is 15. The zero-order chi connectivity index (χ0) is 29.9. The number of hydrogen-bond acceptors (Lipinski definition) is 8.